The number of H-pyrrole nitrogens is 1. The molecule has 2 amide bonds. The summed E-state index contributed by atoms with van der Waals surface area (Å²) in [6.45, 7) is 3.23. The fourth-order valence-electron chi connectivity index (χ4n) is 3.58. The number of anilines is 4. The van der Waals surface area contributed by atoms with E-state index in [0.717, 1.165) is 38.1 Å². The fourth-order valence-corrected chi connectivity index (χ4v) is 4.71. The maximum absolute atomic E-state index is 14.8. The number of hydrogen-bond donors (Lipinski definition) is 4. The molecule has 0 bridgehead atoms. The van der Waals surface area contributed by atoms with Crippen LogP contribution in [0.5, 0.6) is 0 Å². The molecule has 1 saturated heterocycles. The van der Waals surface area contributed by atoms with Crippen LogP contribution < -0.4 is 20.3 Å². The van der Waals surface area contributed by atoms with Gasteiger partial charge in [0.2, 0.25) is 10.0 Å². The quantitative estimate of drug-likeness (QED) is 0.407. The molecule has 0 spiro atoms. The zero-order chi connectivity index (χ0) is 23.6. The summed E-state index contributed by atoms with van der Waals surface area (Å²) in [5.74, 6) is -1.88. The van der Waals surface area contributed by atoms with Gasteiger partial charge in [-0.25, -0.2) is 32.0 Å². The molecule has 176 valence electrons. The lowest BCUT2D eigenvalue weighted by Gasteiger charge is -2.16. The number of rotatable bonds is 7. The first-order chi connectivity index (χ1) is 15.8. The number of benzene rings is 1. The molecule has 3 aromatic rings. The van der Waals surface area contributed by atoms with E-state index in [-0.39, 0.29) is 11.6 Å². The van der Waals surface area contributed by atoms with Crippen LogP contribution in [0.2, 0.25) is 0 Å². The molecule has 1 aliphatic rings. The Morgan fingerprint density at radius 1 is 1.18 bits per heavy atom. The lowest BCUT2D eigenvalue weighted by molar-refractivity contribution is 0.262. The number of amides is 2. The zero-order valence-electron chi connectivity index (χ0n) is 17.7. The van der Waals surface area contributed by atoms with Crippen molar-refractivity contribution in [3.63, 3.8) is 0 Å². The van der Waals surface area contributed by atoms with Crippen LogP contribution in [0.1, 0.15) is 26.2 Å². The molecule has 2 aromatic heterocycles. The number of hydrogen-bond acceptors (Lipinski definition) is 7. The third kappa shape index (κ3) is 4.79. The number of aromatic nitrogens is 4. The first kappa shape index (κ1) is 22.6. The molecule has 11 nitrogen and oxygen atoms in total. The number of carbonyl (C=O) groups is 1. The first-order valence-corrected chi connectivity index (χ1v) is 11.9. The minimum absolute atomic E-state index is 0.105. The van der Waals surface area contributed by atoms with Crippen LogP contribution in [-0.2, 0) is 10.0 Å². The van der Waals surface area contributed by atoms with Gasteiger partial charge in [-0.3, -0.25) is 15.1 Å². The fraction of sp³-hybridized carbons (Fsp3) is 0.368. The van der Waals surface area contributed by atoms with E-state index in [0.29, 0.717) is 23.3 Å². The highest BCUT2D eigenvalue weighted by Gasteiger charge is 2.23. The maximum atomic E-state index is 14.8. The van der Waals surface area contributed by atoms with Gasteiger partial charge in [-0.15, -0.1) is 0 Å². The average Bonchev–Trinajstić information content (AvgIpc) is 3.43. The number of fused-ring (bicyclic) bond motifs is 1. The van der Waals surface area contributed by atoms with Gasteiger partial charge in [0.05, 0.1) is 11.4 Å². The van der Waals surface area contributed by atoms with Crippen molar-refractivity contribution in [3.8, 4) is 0 Å². The van der Waals surface area contributed by atoms with Crippen molar-refractivity contribution in [2.75, 3.05) is 39.1 Å². The van der Waals surface area contributed by atoms with Crippen LogP contribution in [-0.4, -0.2) is 53.5 Å². The van der Waals surface area contributed by atoms with Crippen molar-refractivity contribution in [3.05, 3.63) is 30.1 Å². The van der Waals surface area contributed by atoms with Gasteiger partial charge in [0, 0.05) is 13.1 Å². The number of sulfonamides is 1. The molecular formula is C19H22F2N8O3S. The highest BCUT2D eigenvalue weighted by molar-refractivity contribution is 7.92. The summed E-state index contributed by atoms with van der Waals surface area (Å²) in [7, 11) is -3.82. The van der Waals surface area contributed by atoms with Gasteiger partial charge in [-0.1, -0.05) is 6.92 Å². The predicted octanol–water partition coefficient (Wildman–Crippen LogP) is 3.03. The highest BCUT2D eigenvalue weighted by Crippen LogP contribution is 2.31. The van der Waals surface area contributed by atoms with Crippen molar-refractivity contribution in [1.29, 1.82) is 0 Å². The molecule has 1 fully saturated rings. The zero-order valence-corrected chi connectivity index (χ0v) is 18.5. The van der Waals surface area contributed by atoms with E-state index < -0.39 is 39.1 Å². The third-order valence-electron chi connectivity index (χ3n) is 5.04. The second kappa shape index (κ2) is 9.13. The maximum Gasteiger partial charge on any atom is 0.325 e. The normalized spacial score (nSPS) is 14.0. The number of nitrogens with zero attached hydrogens (tertiary/aromatic N) is 4. The van der Waals surface area contributed by atoms with Crippen molar-refractivity contribution in [2.45, 2.75) is 26.2 Å². The van der Waals surface area contributed by atoms with E-state index in [1.165, 1.54) is 6.33 Å². The Balaban J connectivity index is 1.58. The van der Waals surface area contributed by atoms with Gasteiger partial charge in [0.15, 0.2) is 23.1 Å². The average molecular weight is 481 g/mol. The second-order valence-corrected chi connectivity index (χ2v) is 9.31. The Kier molecular flexibility index (Phi) is 6.26. The Hall–Kier alpha value is -3.55. The van der Waals surface area contributed by atoms with Crippen molar-refractivity contribution in [1.82, 2.24) is 20.2 Å². The van der Waals surface area contributed by atoms with Crippen molar-refractivity contribution >= 4 is 50.1 Å². The minimum Gasteiger partial charge on any atom is -0.354 e. The van der Waals surface area contributed by atoms with Gasteiger partial charge >= 0.3 is 6.03 Å². The standard InChI is InChI=1S/C19H22F2N8O3S/c1-2-9-33(31,32)28-12-6-5-11(20)15(14(12)21)24-19(30)25-16-13-17(23-10-22-16)26-27-18(13)29-7-3-4-8-29/h5-6,10,28H,2-4,7-9H2,1H3,(H3,22,23,24,25,26,27,30). The Bertz CT molecular complexity index is 1290. The van der Waals surface area contributed by atoms with E-state index in [9.17, 15) is 22.0 Å². The summed E-state index contributed by atoms with van der Waals surface area (Å²) < 4.78 is 55.1. The molecule has 4 rings (SSSR count). The number of urea groups is 1. The number of nitrogens with one attached hydrogen (secondary N) is 4. The first-order valence-electron chi connectivity index (χ1n) is 10.3. The van der Waals surface area contributed by atoms with Crippen LogP contribution in [0.25, 0.3) is 11.0 Å². The second-order valence-electron chi connectivity index (χ2n) is 7.47. The third-order valence-corrected chi connectivity index (χ3v) is 6.52. The molecule has 0 saturated carbocycles. The largest absolute Gasteiger partial charge is 0.354 e. The molecule has 33 heavy (non-hydrogen) atoms. The number of aromatic amines is 1. The Morgan fingerprint density at radius 3 is 2.67 bits per heavy atom. The topological polar surface area (TPSA) is 145 Å². The molecular weight excluding hydrogens is 458 g/mol. The van der Waals surface area contributed by atoms with Gasteiger partial charge in [0.1, 0.15) is 23.2 Å². The minimum atomic E-state index is -3.82. The molecule has 0 unspecified atom stereocenters. The molecule has 0 radical (unpaired) electrons. The van der Waals surface area contributed by atoms with E-state index >= 15 is 0 Å². The van der Waals surface area contributed by atoms with Crippen LogP contribution in [0.4, 0.5) is 36.6 Å². The number of halogens is 2. The molecule has 14 heteroatoms. The van der Waals surface area contributed by atoms with Gasteiger partial charge in [-0.05, 0) is 31.4 Å². The summed E-state index contributed by atoms with van der Waals surface area (Å²) in [6, 6.07) is 0.824. The predicted molar refractivity (Wildman–Crippen MR) is 120 cm³/mol. The molecule has 4 N–H and O–H groups in total. The van der Waals surface area contributed by atoms with E-state index in [4.69, 9.17) is 0 Å². The van der Waals surface area contributed by atoms with Crippen molar-refractivity contribution in [2.24, 2.45) is 0 Å². The van der Waals surface area contributed by atoms with Crippen LogP contribution >= 0.6 is 0 Å². The summed E-state index contributed by atoms with van der Waals surface area (Å²) in [5, 5.41) is 12.1. The van der Waals surface area contributed by atoms with Crippen LogP contribution in [0.15, 0.2) is 18.5 Å². The summed E-state index contributed by atoms with van der Waals surface area (Å²) in [4.78, 5) is 22.8. The van der Waals surface area contributed by atoms with E-state index in [1.54, 1.807) is 6.92 Å². The lowest BCUT2D eigenvalue weighted by Crippen LogP contribution is -2.23. The summed E-state index contributed by atoms with van der Waals surface area (Å²) in [5.41, 5.74) is -0.885. The molecule has 3 heterocycles. The van der Waals surface area contributed by atoms with E-state index in [1.807, 2.05) is 4.90 Å². The molecule has 0 atom stereocenters. The summed E-state index contributed by atoms with van der Waals surface area (Å²) >= 11 is 0. The molecule has 1 aromatic carbocycles. The van der Waals surface area contributed by atoms with Gasteiger partial charge in [0.25, 0.3) is 0 Å². The number of carbonyl (C=O) groups excluding carboxylic acids is 1. The Labute approximate surface area is 188 Å². The molecule has 1 aliphatic heterocycles. The monoisotopic (exact) mass is 480 g/mol. The Morgan fingerprint density at radius 2 is 1.94 bits per heavy atom. The van der Waals surface area contributed by atoms with Gasteiger partial charge in [-0.2, -0.15) is 5.10 Å². The lowest BCUT2D eigenvalue weighted by atomic mass is 10.2. The van der Waals surface area contributed by atoms with Crippen LogP contribution in [0.3, 0.4) is 0 Å². The smallest absolute Gasteiger partial charge is 0.325 e. The summed E-state index contributed by atoms with van der Waals surface area (Å²) in [6.07, 6.45) is 3.53. The molecule has 0 aliphatic carbocycles. The van der Waals surface area contributed by atoms with E-state index in [2.05, 4.69) is 35.5 Å². The van der Waals surface area contributed by atoms with Crippen LogP contribution in [0, 0.1) is 11.6 Å². The van der Waals surface area contributed by atoms with Crippen molar-refractivity contribution < 1.29 is 22.0 Å². The highest BCUT2D eigenvalue weighted by atomic mass is 32.2. The van der Waals surface area contributed by atoms with Gasteiger partial charge < -0.3 is 10.2 Å². The SMILES string of the molecule is CCCS(=O)(=O)Nc1ccc(F)c(NC(=O)Nc2ncnc3[nH]nc(N4CCCC4)c23)c1F.